The second-order valence-electron chi connectivity index (χ2n) is 6.36. The van der Waals surface area contributed by atoms with E-state index in [-0.39, 0.29) is 23.2 Å². The molecule has 0 bridgehead atoms. The van der Waals surface area contributed by atoms with E-state index in [1.807, 2.05) is 30.3 Å². The molecular weight excluding hydrogens is 320 g/mol. The second-order valence-corrected chi connectivity index (χ2v) is 6.36. The van der Waals surface area contributed by atoms with Gasteiger partial charge in [0.1, 0.15) is 0 Å². The molecule has 0 unspecified atom stereocenters. The number of hydrogen-bond donors (Lipinski definition) is 1. The molecule has 2 rings (SSSR count). The molecule has 132 valence electrons. The van der Waals surface area contributed by atoms with Crippen molar-refractivity contribution >= 4 is 11.6 Å². The highest BCUT2D eigenvalue weighted by molar-refractivity contribution is 5.93. The average molecular weight is 342 g/mol. The van der Waals surface area contributed by atoms with Crippen molar-refractivity contribution in [1.29, 1.82) is 0 Å². The van der Waals surface area contributed by atoms with Gasteiger partial charge in [0.05, 0.1) is 4.92 Å². The van der Waals surface area contributed by atoms with Gasteiger partial charge >= 0.3 is 0 Å². The fourth-order valence-electron chi connectivity index (χ4n) is 3.09. The number of carbonyl (C=O) groups excluding carboxylic acids is 1. The molecule has 2 N–H and O–H groups in total. The summed E-state index contributed by atoms with van der Waals surface area (Å²) in [6.45, 7) is 4.56. The first-order valence-corrected chi connectivity index (χ1v) is 7.98. The standard InChI is InChI=1S/C18H22N4O3/c1-12(2)17(14-5-4-8-20-10-14)21(3)11-15-7-6-13(18(19)23)9-16(15)22(24)25/h4-10,12,17H,11H2,1-3H3,(H2,19,23)/t17-/m1/s1. The summed E-state index contributed by atoms with van der Waals surface area (Å²) in [5.74, 6) is -0.392. The summed E-state index contributed by atoms with van der Waals surface area (Å²) >= 11 is 0. The summed E-state index contributed by atoms with van der Waals surface area (Å²) in [5, 5.41) is 11.4. The van der Waals surface area contributed by atoms with Crippen LogP contribution < -0.4 is 5.73 Å². The van der Waals surface area contributed by atoms with Gasteiger partial charge in [-0.1, -0.05) is 26.0 Å². The molecule has 1 atom stereocenters. The Kier molecular flexibility index (Phi) is 5.82. The first kappa shape index (κ1) is 18.5. The Morgan fingerprint density at radius 2 is 2.08 bits per heavy atom. The van der Waals surface area contributed by atoms with Crippen molar-refractivity contribution in [2.24, 2.45) is 11.7 Å². The van der Waals surface area contributed by atoms with Crippen LogP contribution in [0.25, 0.3) is 0 Å². The molecule has 7 heteroatoms. The molecule has 1 heterocycles. The van der Waals surface area contributed by atoms with Gasteiger partial charge in [0.25, 0.3) is 5.69 Å². The minimum absolute atomic E-state index is 0.0594. The molecule has 0 aliphatic carbocycles. The molecule has 0 aliphatic rings. The third kappa shape index (κ3) is 4.39. The number of hydrogen-bond acceptors (Lipinski definition) is 5. The Morgan fingerprint density at radius 3 is 2.60 bits per heavy atom. The number of benzene rings is 1. The van der Waals surface area contributed by atoms with E-state index >= 15 is 0 Å². The minimum Gasteiger partial charge on any atom is -0.366 e. The Morgan fingerprint density at radius 1 is 1.36 bits per heavy atom. The number of aromatic nitrogens is 1. The van der Waals surface area contributed by atoms with Gasteiger partial charge in [-0.25, -0.2) is 0 Å². The van der Waals surface area contributed by atoms with Crippen molar-refractivity contribution in [3.8, 4) is 0 Å². The summed E-state index contributed by atoms with van der Waals surface area (Å²) < 4.78 is 0. The monoisotopic (exact) mass is 342 g/mol. The van der Waals surface area contributed by atoms with Crippen LogP contribution in [0.5, 0.6) is 0 Å². The van der Waals surface area contributed by atoms with Gasteiger partial charge in [-0.3, -0.25) is 24.8 Å². The zero-order valence-corrected chi connectivity index (χ0v) is 14.5. The fourth-order valence-corrected chi connectivity index (χ4v) is 3.09. The number of nitro groups is 1. The Balaban J connectivity index is 2.33. The highest BCUT2D eigenvalue weighted by Crippen LogP contribution is 2.30. The summed E-state index contributed by atoms with van der Waals surface area (Å²) in [6, 6.07) is 8.29. The van der Waals surface area contributed by atoms with Crippen LogP contribution in [0.3, 0.4) is 0 Å². The average Bonchev–Trinajstić information content (AvgIpc) is 2.55. The Bertz CT molecular complexity index is 762. The quantitative estimate of drug-likeness (QED) is 0.615. The molecule has 0 fully saturated rings. The molecular formula is C18H22N4O3. The molecule has 25 heavy (non-hydrogen) atoms. The molecule has 0 spiro atoms. The minimum atomic E-state index is -0.682. The van der Waals surface area contributed by atoms with Crippen molar-refractivity contribution in [2.45, 2.75) is 26.4 Å². The molecule has 2 aromatic rings. The Hall–Kier alpha value is -2.80. The van der Waals surface area contributed by atoms with E-state index in [0.717, 1.165) is 5.56 Å². The lowest BCUT2D eigenvalue weighted by molar-refractivity contribution is -0.385. The van der Waals surface area contributed by atoms with E-state index in [4.69, 9.17) is 5.73 Å². The maximum atomic E-state index is 11.4. The Labute approximate surface area is 146 Å². The molecule has 1 amide bonds. The summed E-state index contributed by atoms with van der Waals surface area (Å²) in [5.41, 5.74) is 6.84. The van der Waals surface area contributed by atoms with Gasteiger partial charge in [-0.2, -0.15) is 0 Å². The van der Waals surface area contributed by atoms with Crippen molar-refractivity contribution in [2.75, 3.05) is 7.05 Å². The molecule has 0 saturated carbocycles. The SMILES string of the molecule is CC(C)[C@H](c1cccnc1)N(C)Cc1ccc(C(N)=O)cc1[N+](=O)[O-]. The normalized spacial score (nSPS) is 12.4. The maximum Gasteiger partial charge on any atom is 0.274 e. The summed E-state index contributed by atoms with van der Waals surface area (Å²) in [6.07, 6.45) is 3.53. The lowest BCUT2D eigenvalue weighted by Gasteiger charge is -2.31. The van der Waals surface area contributed by atoms with Gasteiger partial charge in [0, 0.05) is 42.2 Å². The van der Waals surface area contributed by atoms with E-state index in [0.29, 0.717) is 12.1 Å². The lowest BCUT2D eigenvalue weighted by atomic mass is 9.95. The first-order chi connectivity index (χ1) is 11.8. The highest BCUT2D eigenvalue weighted by atomic mass is 16.6. The van der Waals surface area contributed by atoms with Crippen LogP contribution in [0.4, 0.5) is 5.69 Å². The topological polar surface area (TPSA) is 102 Å². The fraction of sp³-hybridized carbons (Fsp3) is 0.333. The third-order valence-electron chi connectivity index (χ3n) is 4.12. The molecule has 1 aromatic carbocycles. The number of primary amides is 1. The van der Waals surface area contributed by atoms with Crippen LogP contribution in [0.1, 0.15) is 41.4 Å². The third-order valence-corrected chi connectivity index (χ3v) is 4.12. The molecule has 1 aromatic heterocycles. The second kappa shape index (κ2) is 7.85. The number of rotatable bonds is 7. The predicted molar refractivity (Wildman–Crippen MR) is 94.9 cm³/mol. The summed E-state index contributed by atoms with van der Waals surface area (Å²) in [4.78, 5) is 28.4. The number of nitrogens with two attached hydrogens (primary N) is 1. The van der Waals surface area contributed by atoms with Crippen molar-refractivity contribution in [3.63, 3.8) is 0 Å². The number of carbonyl (C=O) groups is 1. The summed E-state index contributed by atoms with van der Waals surface area (Å²) in [7, 11) is 1.92. The van der Waals surface area contributed by atoms with E-state index < -0.39 is 10.8 Å². The molecule has 7 nitrogen and oxygen atoms in total. The zero-order valence-electron chi connectivity index (χ0n) is 14.5. The zero-order chi connectivity index (χ0) is 18.6. The first-order valence-electron chi connectivity index (χ1n) is 7.98. The van der Waals surface area contributed by atoms with Crippen LogP contribution >= 0.6 is 0 Å². The van der Waals surface area contributed by atoms with Crippen LogP contribution in [-0.2, 0) is 6.54 Å². The highest BCUT2D eigenvalue weighted by Gasteiger charge is 2.24. The predicted octanol–water partition coefficient (Wildman–Crippen LogP) is 2.92. The number of pyridine rings is 1. The van der Waals surface area contributed by atoms with Crippen molar-refractivity contribution in [3.05, 3.63) is 69.5 Å². The van der Waals surface area contributed by atoms with Crippen LogP contribution in [0.15, 0.2) is 42.7 Å². The van der Waals surface area contributed by atoms with Crippen molar-refractivity contribution in [1.82, 2.24) is 9.88 Å². The number of nitro benzene ring substituents is 1. The number of amides is 1. The van der Waals surface area contributed by atoms with E-state index in [1.54, 1.807) is 12.3 Å². The van der Waals surface area contributed by atoms with Gasteiger partial charge < -0.3 is 5.73 Å². The van der Waals surface area contributed by atoms with E-state index in [2.05, 4.69) is 18.8 Å². The van der Waals surface area contributed by atoms with Gasteiger partial charge in [0.15, 0.2) is 0 Å². The van der Waals surface area contributed by atoms with E-state index in [9.17, 15) is 14.9 Å². The van der Waals surface area contributed by atoms with Gasteiger partial charge in [-0.05, 0) is 30.7 Å². The lowest BCUT2D eigenvalue weighted by Crippen LogP contribution is -2.28. The smallest absolute Gasteiger partial charge is 0.274 e. The largest absolute Gasteiger partial charge is 0.366 e. The maximum absolute atomic E-state index is 11.4. The van der Waals surface area contributed by atoms with Crippen LogP contribution in [0, 0.1) is 16.0 Å². The van der Waals surface area contributed by atoms with Crippen LogP contribution in [0.2, 0.25) is 0 Å². The molecule has 0 radical (unpaired) electrons. The molecule has 0 aliphatic heterocycles. The van der Waals surface area contributed by atoms with Gasteiger partial charge in [-0.15, -0.1) is 0 Å². The molecule has 0 saturated heterocycles. The van der Waals surface area contributed by atoms with Crippen molar-refractivity contribution < 1.29 is 9.72 Å². The van der Waals surface area contributed by atoms with E-state index in [1.165, 1.54) is 12.1 Å². The number of nitrogens with zero attached hydrogens (tertiary/aromatic N) is 3. The van der Waals surface area contributed by atoms with Crippen LogP contribution in [-0.4, -0.2) is 27.8 Å². The van der Waals surface area contributed by atoms with Gasteiger partial charge in [0.2, 0.25) is 5.91 Å².